The number of likely N-dealkylation sites (N-methyl/N-ethyl adjacent to an activating group) is 1. The van der Waals surface area contributed by atoms with Crippen molar-refractivity contribution in [3.63, 3.8) is 0 Å². The third-order valence-corrected chi connectivity index (χ3v) is 11.0. The Labute approximate surface area is 206 Å². The lowest BCUT2D eigenvalue weighted by Crippen LogP contribution is -2.53. The summed E-state index contributed by atoms with van der Waals surface area (Å²) in [4.78, 5) is 7.94. The molecule has 0 radical (unpaired) electrons. The lowest BCUT2D eigenvalue weighted by Gasteiger charge is -2.60. The lowest BCUT2D eigenvalue weighted by atomic mass is 9.45. The van der Waals surface area contributed by atoms with Crippen LogP contribution in [0.1, 0.15) is 84.3 Å². The van der Waals surface area contributed by atoms with Crippen molar-refractivity contribution in [2.24, 2.45) is 45.6 Å². The first-order chi connectivity index (χ1) is 16.3. The first kappa shape index (κ1) is 24.3. The monoisotopic (exact) mass is 469 g/mol. The molecule has 0 saturated heterocycles. The van der Waals surface area contributed by atoms with Gasteiger partial charge in [0.15, 0.2) is 0 Å². The zero-order valence-corrected chi connectivity index (χ0v) is 22.3. The van der Waals surface area contributed by atoms with Crippen molar-refractivity contribution in [1.82, 2.24) is 19.9 Å². The number of aromatic nitrogens is 3. The minimum absolute atomic E-state index is 0.513. The molecular formula is C28H47N5O. The maximum atomic E-state index is 5.78. The molecule has 4 saturated carbocycles. The van der Waals surface area contributed by atoms with Crippen molar-refractivity contribution in [2.45, 2.75) is 91.5 Å². The summed E-state index contributed by atoms with van der Waals surface area (Å²) in [6, 6.07) is 0. The number of nitrogens with zero attached hydrogens (tertiary/aromatic N) is 5. The number of hydrogen-bond acceptors (Lipinski definition) is 5. The third-order valence-electron chi connectivity index (χ3n) is 11.0. The van der Waals surface area contributed by atoms with Gasteiger partial charge in [-0.1, -0.05) is 31.1 Å². The number of hydrogen-bond donors (Lipinski definition) is 0. The van der Waals surface area contributed by atoms with Gasteiger partial charge in [-0.15, -0.1) is 5.10 Å². The van der Waals surface area contributed by atoms with Crippen LogP contribution in [0.2, 0.25) is 0 Å². The molecular weight excluding hydrogens is 422 g/mol. The van der Waals surface area contributed by atoms with Crippen molar-refractivity contribution < 1.29 is 4.84 Å². The predicted octanol–water partition coefficient (Wildman–Crippen LogP) is 5.43. The molecule has 1 aromatic heterocycles. The van der Waals surface area contributed by atoms with Gasteiger partial charge >= 0.3 is 0 Å². The maximum absolute atomic E-state index is 5.78. The van der Waals surface area contributed by atoms with Gasteiger partial charge < -0.3 is 9.74 Å². The Bertz CT molecular complexity index is 880. The molecule has 0 aromatic carbocycles. The van der Waals surface area contributed by atoms with Crippen LogP contribution in [0.15, 0.2) is 11.4 Å². The van der Waals surface area contributed by atoms with E-state index in [1.807, 2.05) is 10.9 Å². The van der Waals surface area contributed by atoms with E-state index in [0.29, 0.717) is 24.0 Å². The molecule has 7 atom stereocenters. The average molecular weight is 470 g/mol. The number of rotatable bonds is 7. The van der Waals surface area contributed by atoms with E-state index in [1.165, 1.54) is 50.7 Å². The van der Waals surface area contributed by atoms with Gasteiger partial charge in [0, 0.05) is 19.2 Å². The molecule has 0 spiro atoms. The van der Waals surface area contributed by atoms with Gasteiger partial charge in [0.05, 0.1) is 18.0 Å². The van der Waals surface area contributed by atoms with E-state index in [9.17, 15) is 0 Å². The second kappa shape index (κ2) is 9.55. The van der Waals surface area contributed by atoms with Crippen molar-refractivity contribution in [1.29, 1.82) is 0 Å². The molecule has 4 aliphatic carbocycles. The van der Waals surface area contributed by atoms with Gasteiger partial charge in [0.2, 0.25) is 0 Å². The Morgan fingerprint density at radius 3 is 2.74 bits per heavy atom. The summed E-state index contributed by atoms with van der Waals surface area (Å²) in [6.45, 7) is 10.1. The average Bonchev–Trinajstić information content (AvgIpc) is 3.39. The second-order valence-corrected chi connectivity index (χ2v) is 12.9. The Kier molecular flexibility index (Phi) is 6.82. The molecule has 4 unspecified atom stereocenters. The zero-order valence-electron chi connectivity index (χ0n) is 22.3. The minimum Gasteiger partial charge on any atom is -0.394 e. The van der Waals surface area contributed by atoms with Gasteiger partial charge in [-0.3, -0.25) is 0 Å². The summed E-state index contributed by atoms with van der Waals surface area (Å²) in [5.41, 5.74) is 3.47. The molecule has 5 rings (SSSR count). The molecule has 0 aliphatic heterocycles. The van der Waals surface area contributed by atoms with Gasteiger partial charge in [0.25, 0.3) is 0 Å². The molecule has 0 amide bonds. The predicted molar refractivity (Wildman–Crippen MR) is 137 cm³/mol. The van der Waals surface area contributed by atoms with Crippen LogP contribution in [0.3, 0.4) is 0 Å². The van der Waals surface area contributed by atoms with E-state index in [4.69, 9.17) is 4.84 Å². The maximum Gasteiger partial charge on any atom is 0.136 e. The number of fused-ring (bicyclic) bond motifs is 5. The molecule has 4 aliphatic rings. The van der Waals surface area contributed by atoms with Gasteiger partial charge in [-0.2, -0.15) is 0 Å². The fourth-order valence-electron chi connectivity index (χ4n) is 8.58. The molecule has 4 fully saturated rings. The normalized spacial score (nSPS) is 40.8. The van der Waals surface area contributed by atoms with Crippen LogP contribution in [0.25, 0.3) is 0 Å². The van der Waals surface area contributed by atoms with E-state index in [-0.39, 0.29) is 0 Å². The molecule has 6 heteroatoms. The highest BCUT2D eigenvalue weighted by atomic mass is 16.6. The molecule has 1 aromatic rings. The molecule has 34 heavy (non-hydrogen) atoms. The number of oxime groups is 1. The largest absolute Gasteiger partial charge is 0.394 e. The highest BCUT2D eigenvalue weighted by Gasteiger charge is 2.59. The summed E-state index contributed by atoms with van der Waals surface area (Å²) >= 11 is 0. The quantitative estimate of drug-likeness (QED) is 0.394. The fourth-order valence-corrected chi connectivity index (χ4v) is 8.58. The Morgan fingerprint density at radius 2 is 1.91 bits per heavy atom. The van der Waals surface area contributed by atoms with E-state index in [2.05, 4.69) is 55.2 Å². The molecule has 6 nitrogen and oxygen atoms in total. The van der Waals surface area contributed by atoms with Crippen LogP contribution in [-0.2, 0) is 17.8 Å². The van der Waals surface area contributed by atoms with E-state index in [1.54, 1.807) is 0 Å². The van der Waals surface area contributed by atoms with Crippen LogP contribution in [0, 0.1) is 40.4 Å². The Balaban J connectivity index is 1.13. The lowest BCUT2D eigenvalue weighted by molar-refractivity contribution is -0.0994. The molecule has 0 N–H and O–H groups in total. The Hall–Kier alpha value is -1.43. The van der Waals surface area contributed by atoms with Crippen LogP contribution < -0.4 is 0 Å². The van der Waals surface area contributed by atoms with Crippen molar-refractivity contribution >= 4 is 5.71 Å². The third kappa shape index (κ3) is 4.44. The molecule has 0 bridgehead atoms. The van der Waals surface area contributed by atoms with Crippen LogP contribution >= 0.6 is 0 Å². The summed E-state index contributed by atoms with van der Waals surface area (Å²) in [5, 5.41) is 13.1. The SMILES string of the molecule is C[C@H]1CCC2C3CCC4CC(=NOCCn5cc(CCN(C)C)nn5)CC[C@]4(C)C3CC[C@@]21C. The van der Waals surface area contributed by atoms with Crippen LogP contribution in [0.4, 0.5) is 0 Å². The van der Waals surface area contributed by atoms with Gasteiger partial charge in [0.1, 0.15) is 6.61 Å². The summed E-state index contributed by atoms with van der Waals surface area (Å²) in [5.74, 6) is 4.62. The Morgan fingerprint density at radius 1 is 1.09 bits per heavy atom. The van der Waals surface area contributed by atoms with E-state index in [0.717, 1.165) is 61.1 Å². The first-order valence-corrected chi connectivity index (χ1v) is 14.0. The second-order valence-electron chi connectivity index (χ2n) is 12.9. The smallest absolute Gasteiger partial charge is 0.136 e. The van der Waals surface area contributed by atoms with Crippen molar-refractivity contribution in [3.05, 3.63) is 11.9 Å². The van der Waals surface area contributed by atoms with Crippen molar-refractivity contribution in [2.75, 3.05) is 27.2 Å². The first-order valence-electron chi connectivity index (χ1n) is 14.0. The zero-order chi connectivity index (χ0) is 23.9. The topological polar surface area (TPSA) is 55.5 Å². The van der Waals surface area contributed by atoms with Gasteiger partial charge in [-0.25, -0.2) is 4.68 Å². The molecule has 1 heterocycles. The van der Waals surface area contributed by atoms with Crippen molar-refractivity contribution in [3.8, 4) is 0 Å². The standard InChI is InChI=1S/C28H47N5O/c1-20-6-9-25-24-8-7-21-18-22(10-13-28(21,3)26(24)11-14-27(20,25)2)30-34-17-16-33-19-23(29-31-33)12-15-32(4)5/h19-21,24-26H,6-18H2,1-5H3/t20-,21?,24?,25?,26?,27+,28-/m0/s1. The summed E-state index contributed by atoms with van der Waals surface area (Å²) in [7, 11) is 4.16. The fraction of sp³-hybridized carbons (Fsp3) is 0.893. The highest BCUT2D eigenvalue weighted by molar-refractivity contribution is 5.85. The van der Waals surface area contributed by atoms with E-state index < -0.39 is 0 Å². The van der Waals surface area contributed by atoms with E-state index >= 15 is 0 Å². The highest BCUT2D eigenvalue weighted by Crippen LogP contribution is 2.67. The molecule has 190 valence electrons. The van der Waals surface area contributed by atoms with Crippen LogP contribution in [-0.4, -0.2) is 52.9 Å². The summed E-state index contributed by atoms with van der Waals surface area (Å²) < 4.78 is 1.88. The minimum atomic E-state index is 0.513. The van der Waals surface area contributed by atoms with Gasteiger partial charge in [-0.05, 0) is 112 Å². The summed E-state index contributed by atoms with van der Waals surface area (Å²) in [6.07, 6.45) is 15.3. The van der Waals surface area contributed by atoms with Crippen LogP contribution in [0.5, 0.6) is 0 Å².